The number of halogens is 1. The number of pyridine rings is 2. The molecule has 0 spiro atoms. The highest BCUT2D eigenvalue weighted by atomic mass is 19.1. The number of aryl methyl sites for hydroxylation is 1. The molecule has 0 unspecified atom stereocenters. The Balaban J connectivity index is 1.63. The number of amides is 1. The fraction of sp³-hybridized carbons (Fsp3) is 0.111. The number of rotatable bonds is 3. The zero-order valence-corrected chi connectivity index (χ0v) is 14.1. The average molecular weight is 350 g/mol. The second-order valence-electron chi connectivity index (χ2n) is 6.01. The molecule has 0 aliphatic carbocycles. The van der Waals surface area contributed by atoms with Crippen molar-refractivity contribution in [1.82, 2.24) is 25.1 Å². The van der Waals surface area contributed by atoms with E-state index >= 15 is 0 Å². The fourth-order valence-electron chi connectivity index (χ4n) is 2.69. The lowest BCUT2D eigenvalue weighted by atomic mass is 10.2. The molecular weight excluding hydrogens is 335 g/mol. The summed E-state index contributed by atoms with van der Waals surface area (Å²) in [5.41, 5.74) is 4.50. The van der Waals surface area contributed by atoms with Crippen molar-refractivity contribution in [2.45, 2.75) is 13.8 Å². The number of H-pyrrole nitrogens is 2. The van der Waals surface area contributed by atoms with Gasteiger partial charge in [0.25, 0.3) is 5.91 Å². The summed E-state index contributed by atoms with van der Waals surface area (Å²) in [6.07, 6.45) is 4.27. The highest BCUT2D eigenvalue weighted by Crippen LogP contribution is 2.25. The normalized spacial score (nSPS) is 11.0. The standard InChI is InChI=1S/C18H15FN6O/c1-9-10(2)24-25-16(9)18(26)22-14-4-11-5-15(23-17(11)21-8-14)12-3-13(19)7-20-6-12/h3-8H,1-2H3,(H,21,23)(H,22,26)(H,24,25). The van der Waals surface area contributed by atoms with Crippen LogP contribution in [-0.2, 0) is 0 Å². The van der Waals surface area contributed by atoms with E-state index in [0.29, 0.717) is 28.3 Å². The van der Waals surface area contributed by atoms with Crippen LogP contribution in [-0.4, -0.2) is 31.1 Å². The number of carbonyl (C=O) groups excluding carboxylic acids is 1. The molecule has 0 fully saturated rings. The van der Waals surface area contributed by atoms with Crippen molar-refractivity contribution in [3.8, 4) is 11.3 Å². The van der Waals surface area contributed by atoms with Crippen LogP contribution in [0.4, 0.5) is 10.1 Å². The minimum absolute atomic E-state index is 0.307. The van der Waals surface area contributed by atoms with Crippen LogP contribution in [0.5, 0.6) is 0 Å². The molecule has 4 rings (SSSR count). The van der Waals surface area contributed by atoms with Gasteiger partial charge in [0.15, 0.2) is 5.69 Å². The summed E-state index contributed by atoms with van der Waals surface area (Å²) in [7, 11) is 0. The zero-order valence-electron chi connectivity index (χ0n) is 14.1. The van der Waals surface area contributed by atoms with Crippen molar-refractivity contribution in [3.05, 3.63) is 59.6 Å². The maximum Gasteiger partial charge on any atom is 0.276 e. The molecule has 8 heteroatoms. The Morgan fingerprint density at radius 2 is 2.00 bits per heavy atom. The second-order valence-corrected chi connectivity index (χ2v) is 6.01. The largest absolute Gasteiger partial charge is 0.339 e. The third-order valence-corrected chi connectivity index (χ3v) is 4.21. The molecule has 1 amide bonds. The van der Waals surface area contributed by atoms with Crippen LogP contribution in [0.2, 0.25) is 0 Å². The predicted octanol–water partition coefficient (Wildman–Crippen LogP) is 3.36. The molecule has 0 saturated carbocycles. The Morgan fingerprint density at radius 3 is 2.73 bits per heavy atom. The van der Waals surface area contributed by atoms with Crippen molar-refractivity contribution >= 4 is 22.6 Å². The SMILES string of the molecule is Cc1[nH]nc(C(=O)Nc2cnc3[nH]c(-c4cncc(F)c4)cc3c2)c1C. The molecule has 0 atom stereocenters. The molecular formula is C18H15FN6O. The van der Waals surface area contributed by atoms with Gasteiger partial charge in [0.2, 0.25) is 0 Å². The number of aromatic amines is 2. The van der Waals surface area contributed by atoms with Gasteiger partial charge in [-0.25, -0.2) is 9.37 Å². The maximum absolute atomic E-state index is 13.4. The first kappa shape index (κ1) is 15.9. The molecule has 130 valence electrons. The lowest BCUT2D eigenvalue weighted by Crippen LogP contribution is -2.13. The minimum Gasteiger partial charge on any atom is -0.339 e. The molecule has 0 radical (unpaired) electrons. The van der Waals surface area contributed by atoms with E-state index in [1.807, 2.05) is 19.9 Å². The molecule has 0 bridgehead atoms. The van der Waals surface area contributed by atoms with Crippen LogP contribution in [0.25, 0.3) is 22.3 Å². The molecule has 26 heavy (non-hydrogen) atoms. The van der Waals surface area contributed by atoms with E-state index in [1.54, 1.807) is 18.5 Å². The quantitative estimate of drug-likeness (QED) is 0.527. The van der Waals surface area contributed by atoms with Gasteiger partial charge >= 0.3 is 0 Å². The number of fused-ring (bicyclic) bond motifs is 1. The minimum atomic E-state index is -0.410. The third-order valence-electron chi connectivity index (χ3n) is 4.21. The molecule has 4 heterocycles. The van der Waals surface area contributed by atoms with Crippen LogP contribution in [0.15, 0.2) is 36.8 Å². The lowest BCUT2D eigenvalue weighted by molar-refractivity contribution is 0.102. The molecule has 0 aliphatic heterocycles. The summed E-state index contributed by atoms with van der Waals surface area (Å²) in [6.45, 7) is 3.69. The van der Waals surface area contributed by atoms with Crippen LogP contribution in [0, 0.1) is 19.7 Å². The monoisotopic (exact) mass is 350 g/mol. The van der Waals surface area contributed by atoms with Crippen LogP contribution >= 0.6 is 0 Å². The molecule has 0 saturated heterocycles. The lowest BCUT2D eigenvalue weighted by Gasteiger charge is -2.03. The van der Waals surface area contributed by atoms with Crippen LogP contribution < -0.4 is 5.32 Å². The van der Waals surface area contributed by atoms with Gasteiger partial charge in [0, 0.05) is 34.1 Å². The molecule has 7 nitrogen and oxygen atoms in total. The van der Waals surface area contributed by atoms with E-state index in [0.717, 1.165) is 22.8 Å². The van der Waals surface area contributed by atoms with Gasteiger partial charge in [-0.3, -0.25) is 14.9 Å². The summed E-state index contributed by atoms with van der Waals surface area (Å²) >= 11 is 0. The number of anilines is 1. The van der Waals surface area contributed by atoms with Crippen molar-refractivity contribution in [2.24, 2.45) is 0 Å². The number of hydrogen-bond donors (Lipinski definition) is 3. The van der Waals surface area contributed by atoms with Gasteiger partial charge in [0.1, 0.15) is 11.5 Å². The number of nitrogens with zero attached hydrogens (tertiary/aromatic N) is 3. The van der Waals surface area contributed by atoms with Gasteiger partial charge in [0.05, 0.1) is 18.1 Å². The van der Waals surface area contributed by atoms with E-state index in [2.05, 4.69) is 30.5 Å². The van der Waals surface area contributed by atoms with Gasteiger partial charge in [-0.15, -0.1) is 0 Å². The number of aromatic nitrogens is 5. The predicted molar refractivity (Wildman–Crippen MR) is 95.3 cm³/mol. The number of hydrogen-bond acceptors (Lipinski definition) is 4. The van der Waals surface area contributed by atoms with Crippen molar-refractivity contribution in [3.63, 3.8) is 0 Å². The second kappa shape index (κ2) is 6.07. The Hall–Kier alpha value is -3.55. The Bertz CT molecular complexity index is 1130. The summed E-state index contributed by atoms with van der Waals surface area (Å²) in [6, 6.07) is 5.02. The van der Waals surface area contributed by atoms with Gasteiger partial charge in [-0.05, 0) is 32.0 Å². The van der Waals surface area contributed by atoms with E-state index in [4.69, 9.17) is 0 Å². The Kier molecular flexibility index (Phi) is 3.72. The van der Waals surface area contributed by atoms with Gasteiger partial charge in [-0.1, -0.05) is 0 Å². The van der Waals surface area contributed by atoms with Crippen molar-refractivity contribution in [1.29, 1.82) is 0 Å². The van der Waals surface area contributed by atoms with Gasteiger partial charge in [-0.2, -0.15) is 5.10 Å². The van der Waals surface area contributed by atoms with Crippen molar-refractivity contribution < 1.29 is 9.18 Å². The molecule has 0 aromatic carbocycles. The fourth-order valence-corrected chi connectivity index (χ4v) is 2.69. The van der Waals surface area contributed by atoms with Gasteiger partial charge < -0.3 is 10.3 Å². The first-order valence-corrected chi connectivity index (χ1v) is 7.94. The summed E-state index contributed by atoms with van der Waals surface area (Å²) < 4.78 is 13.4. The highest BCUT2D eigenvalue weighted by molar-refractivity contribution is 6.04. The smallest absolute Gasteiger partial charge is 0.276 e. The van der Waals surface area contributed by atoms with Crippen LogP contribution in [0.3, 0.4) is 0 Å². The van der Waals surface area contributed by atoms with Crippen molar-refractivity contribution in [2.75, 3.05) is 5.32 Å². The number of carbonyl (C=O) groups is 1. The number of nitrogens with one attached hydrogen (secondary N) is 3. The highest BCUT2D eigenvalue weighted by Gasteiger charge is 2.15. The first-order chi connectivity index (χ1) is 12.5. The average Bonchev–Trinajstić information content (AvgIpc) is 3.18. The zero-order chi connectivity index (χ0) is 18.3. The topological polar surface area (TPSA) is 99.4 Å². The van der Waals surface area contributed by atoms with E-state index in [-0.39, 0.29) is 5.91 Å². The van der Waals surface area contributed by atoms with E-state index in [1.165, 1.54) is 6.07 Å². The summed E-state index contributed by atoms with van der Waals surface area (Å²) in [5, 5.41) is 10.4. The maximum atomic E-state index is 13.4. The third kappa shape index (κ3) is 2.81. The van der Waals surface area contributed by atoms with E-state index in [9.17, 15) is 9.18 Å². The Morgan fingerprint density at radius 1 is 1.15 bits per heavy atom. The summed E-state index contributed by atoms with van der Waals surface area (Å²) in [5.74, 6) is -0.718. The molecule has 3 N–H and O–H groups in total. The molecule has 4 aromatic heterocycles. The molecule has 0 aliphatic rings. The summed E-state index contributed by atoms with van der Waals surface area (Å²) in [4.78, 5) is 23.6. The first-order valence-electron chi connectivity index (χ1n) is 7.94. The molecule has 4 aromatic rings. The van der Waals surface area contributed by atoms with Crippen LogP contribution in [0.1, 0.15) is 21.7 Å². The van der Waals surface area contributed by atoms with E-state index < -0.39 is 5.82 Å². The Labute approximate surface area is 147 Å².